The third-order valence-corrected chi connectivity index (χ3v) is 9.18. The van der Waals surface area contributed by atoms with Crippen LogP contribution in [0, 0.1) is 23.5 Å². The van der Waals surface area contributed by atoms with E-state index in [1.165, 1.54) is 25.3 Å². The number of amides is 1. The molecule has 0 bridgehead atoms. The Bertz CT molecular complexity index is 1040. The van der Waals surface area contributed by atoms with Gasteiger partial charge >= 0.3 is 0 Å². The molecule has 1 N–H and O–H groups in total. The summed E-state index contributed by atoms with van der Waals surface area (Å²) in [5.41, 5.74) is 1.08. The van der Waals surface area contributed by atoms with Gasteiger partial charge in [0.15, 0.2) is 17.2 Å². The summed E-state index contributed by atoms with van der Waals surface area (Å²) >= 11 is 0. The molecule has 1 aliphatic heterocycles. The van der Waals surface area contributed by atoms with Crippen molar-refractivity contribution in [3.63, 3.8) is 0 Å². The summed E-state index contributed by atoms with van der Waals surface area (Å²) in [7, 11) is 1.78. The number of nitrogens with zero attached hydrogens (tertiary/aromatic N) is 2. The van der Waals surface area contributed by atoms with Crippen LogP contribution in [0.4, 0.5) is 8.78 Å². The normalized spacial score (nSPS) is 28.0. The van der Waals surface area contributed by atoms with Crippen LogP contribution in [-0.2, 0) is 9.53 Å². The smallest absolute Gasteiger partial charge is 0.220 e. The predicted octanol–water partition coefficient (Wildman–Crippen LogP) is 5.95. The first-order valence-electron chi connectivity index (χ1n) is 14.3. The van der Waals surface area contributed by atoms with E-state index >= 15 is 0 Å². The molecule has 0 atom stereocenters. The second kappa shape index (κ2) is 12.2. The molecule has 2 saturated carbocycles. The van der Waals surface area contributed by atoms with Gasteiger partial charge in [-0.15, -0.1) is 0 Å². The number of nitrogens with one attached hydrogen (secondary N) is 1. The molecule has 2 aromatic rings. The van der Waals surface area contributed by atoms with Gasteiger partial charge in [-0.3, -0.25) is 4.79 Å². The number of rotatable bonds is 8. The molecule has 1 aromatic heterocycles. The Morgan fingerprint density at radius 2 is 1.68 bits per heavy atom. The van der Waals surface area contributed by atoms with Gasteiger partial charge in [0.25, 0.3) is 0 Å². The summed E-state index contributed by atoms with van der Waals surface area (Å²) in [6.07, 6.45) is 13.1. The van der Waals surface area contributed by atoms with Crippen molar-refractivity contribution in [3.8, 4) is 0 Å². The van der Waals surface area contributed by atoms with Crippen LogP contribution in [-0.4, -0.2) is 54.9 Å². The molecule has 2 heterocycles. The first-order valence-corrected chi connectivity index (χ1v) is 14.3. The van der Waals surface area contributed by atoms with Crippen molar-refractivity contribution in [2.75, 3.05) is 26.7 Å². The number of carbonyl (C=O) groups is 1. The zero-order chi connectivity index (χ0) is 25.8. The summed E-state index contributed by atoms with van der Waals surface area (Å²) in [4.78, 5) is 15.1. The van der Waals surface area contributed by atoms with E-state index in [0.29, 0.717) is 35.5 Å². The van der Waals surface area contributed by atoms with Gasteiger partial charge in [-0.05, 0) is 108 Å². The topological polar surface area (TPSA) is 67.6 Å². The van der Waals surface area contributed by atoms with Crippen LogP contribution in [0.25, 0.3) is 11.0 Å². The van der Waals surface area contributed by atoms with Crippen molar-refractivity contribution in [2.24, 2.45) is 11.8 Å². The predicted molar refractivity (Wildman–Crippen MR) is 138 cm³/mol. The number of piperidine rings is 1. The molecular weight excluding hydrogens is 476 g/mol. The zero-order valence-corrected chi connectivity index (χ0v) is 22.0. The maximum absolute atomic E-state index is 13.7. The Balaban J connectivity index is 0.985. The van der Waals surface area contributed by atoms with Crippen LogP contribution in [0.3, 0.4) is 0 Å². The minimum Gasteiger partial charge on any atom is -0.381 e. The molecule has 204 valence electrons. The largest absolute Gasteiger partial charge is 0.381 e. The minimum absolute atomic E-state index is 0.219. The van der Waals surface area contributed by atoms with Crippen LogP contribution >= 0.6 is 0 Å². The lowest BCUT2D eigenvalue weighted by atomic mass is 9.83. The van der Waals surface area contributed by atoms with E-state index in [4.69, 9.17) is 9.26 Å². The zero-order valence-electron chi connectivity index (χ0n) is 22.0. The van der Waals surface area contributed by atoms with E-state index in [1.807, 2.05) is 0 Å². The molecule has 0 unspecified atom stereocenters. The van der Waals surface area contributed by atoms with Crippen molar-refractivity contribution in [2.45, 2.75) is 95.1 Å². The number of benzene rings is 1. The van der Waals surface area contributed by atoms with Crippen molar-refractivity contribution in [1.29, 1.82) is 0 Å². The monoisotopic (exact) mass is 517 g/mol. The Morgan fingerprint density at radius 3 is 2.38 bits per heavy atom. The number of likely N-dealkylation sites (tertiary alicyclic amines) is 1. The minimum atomic E-state index is -0.901. The van der Waals surface area contributed by atoms with E-state index in [2.05, 4.69) is 15.4 Å². The van der Waals surface area contributed by atoms with E-state index in [0.717, 1.165) is 88.7 Å². The van der Waals surface area contributed by atoms with E-state index < -0.39 is 11.6 Å². The maximum Gasteiger partial charge on any atom is 0.220 e. The Labute approximate surface area is 218 Å². The molecule has 3 aliphatic rings. The van der Waals surface area contributed by atoms with Crippen molar-refractivity contribution in [3.05, 3.63) is 29.5 Å². The van der Waals surface area contributed by atoms with E-state index in [1.54, 1.807) is 7.11 Å². The SMILES string of the molecule is COC1CCC(CC(=O)NC2CCC(CCN3CCC(c4noc5cc(F)c(F)cc45)CC3)CC2)CC1. The first-order chi connectivity index (χ1) is 18.0. The van der Waals surface area contributed by atoms with Crippen LogP contribution in [0.1, 0.15) is 88.7 Å². The summed E-state index contributed by atoms with van der Waals surface area (Å²) in [5, 5.41) is 8.06. The van der Waals surface area contributed by atoms with Gasteiger partial charge < -0.3 is 19.5 Å². The van der Waals surface area contributed by atoms with Crippen LogP contribution in [0.2, 0.25) is 0 Å². The molecule has 1 saturated heterocycles. The number of ether oxygens (including phenoxy) is 1. The van der Waals surface area contributed by atoms with Crippen molar-refractivity contribution < 1.29 is 22.8 Å². The summed E-state index contributed by atoms with van der Waals surface area (Å²) in [6, 6.07) is 2.64. The fraction of sp³-hybridized carbons (Fsp3) is 0.724. The fourth-order valence-corrected chi connectivity index (χ4v) is 6.76. The quantitative estimate of drug-likeness (QED) is 0.469. The molecule has 2 aliphatic carbocycles. The number of hydrogen-bond donors (Lipinski definition) is 1. The third kappa shape index (κ3) is 6.69. The second-order valence-electron chi connectivity index (χ2n) is 11.6. The van der Waals surface area contributed by atoms with Gasteiger partial charge in [0.1, 0.15) is 0 Å². The average molecular weight is 518 g/mol. The Hall–Kier alpha value is -2.06. The molecule has 37 heavy (non-hydrogen) atoms. The highest BCUT2D eigenvalue weighted by molar-refractivity contribution is 5.80. The lowest BCUT2D eigenvalue weighted by molar-refractivity contribution is -0.123. The lowest BCUT2D eigenvalue weighted by Crippen LogP contribution is -2.39. The standard InChI is InChI=1S/C29H41F2N3O3/c1-36-23-8-4-20(5-9-23)16-28(35)32-22-6-2-19(3-7-22)10-13-34-14-11-21(12-15-34)29-24-17-25(30)26(31)18-27(24)37-33-29/h17-23H,2-16H2,1H3,(H,32,35). The van der Waals surface area contributed by atoms with Gasteiger partial charge in [-0.1, -0.05) is 5.16 Å². The third-order valence-electron chi connectivity index (χ3n) is 9.18. The molecule has 6 nitrogen and oxygen atoms in total. The highest BCUT2D eigenvalue weighted by Crippen LogP contribution is 2.34. The maximum atomic E-state index is 13.7. The number of halogens is 2. The van der Waals surface area contributed by atoms with Crippen LogP contribution in [0.5, 0.6) is 0 Å². The molecule has 3 fully saturated rings. The number of fused-ring (bicyclic) bond motifs is 1. The summed E-state index contributed by atoms with van der Waals surface area (Å²) in [6.45, 7) is 3.07. The highest BCUT2D eigenvalue weighted by Gasteiger charge is 2.28. The molecule has 8 heteroatoms. The van der Waals surface area contributed by atoms with Gasteiger partial charge in [0.2, 0.25) is 5.91 Å². The molecule has 1 aromatic carbocycles. The Kier molecular flexibility index (Phi) is 8.75. The summed E-state index contributed by atoms with van der Waals surface area (Å²) < 4.78 is 37.9. The molecule has 5 rings (SSSR count). The van der Waals surface area contributed by atoms with E-state index in [-0.39, 0.29) is 11.8 Å². The van der Waals surface area contributed by atoms with Crippen molar-refractivity contribution in [1.82, 2.24) is 15.4 Å². The summed E-state index contributed by atoms with van der Waals surface area (Å²) in [5.74, 6) is -0.0570. The van der Waals surface area contributed by atoms with Crippen LogP contribution < -0.4 is 5.32 Å². The molecule has 0 radical (unpaired) electrons. The van der Waals surface area contributed by atoms with Gasteiger partial charge in [-0.25, -0.2) is 8.78 Å². The fourth-order valence-electron chi connectivity index (χ4n) is 6.76. The van der Waals surface area contributed by atoms with E-state index in [9.17, 15) is 13.6 Å². The van der Waals surface area contributed by atoms with Crippen LogP contribution in [0.15, 0.2) is 16.7 Å². The van der Waals surface area contributed by atoms with Gasteiger partial charge in [0, 0.05) is 36.9 Å². The number of aromatic nitrogens is 1. The molecule has 0 spiro atoms. The number of methoxy groups -OCH3 is 1. The number of carbonyl (C=O) groups excluding carboxylic acids is 1. The van der Waals surface area contributed by atoms with Gasteiger partial charge in [0.05, 0.1) is 11.8 Å². The number of hydrogen-bond acceptors (Lipinski definition) is 5. The molecule has 1 amide bonds. The van der Waals surface area contributed by atoms with Gasteiger partial charge in [-0.2, -0.15) is 0 Å². The Morgan fingerprint density at radius 1 is 1.00 bits per heavy atom. The lowest BCUT2D eigenvalue weighted by Gasteiger charge is -2.34. The second-order valence-corrected chi connectivity index (χ2v) is 11.6. The van der Waals surface area contributed by atoms with Crippen molar-refractivity contribution >= 4 is 16.9 Å². The first kappa shape index (κ1) is 26.5. The average Bonchev–Trinajstić information content (AvgIpc) is 3.31. The highest BCUT2D eigenvalue weighted by atomic mass is 19.2. The molecular formula is C29H41F2N3O3.